The maximum Gasteiger partial charge on any atom is 0.410 e. The number of carbonyl (C=O) groups excluding carboxylic acids is 1. The van der Waals surface area contributed by atoms with Crippen molar-refractivity contribution in [1.29, 1.82) is 0 Å². The summed E-state index contributed by atoms with van der Waals surface area (Å²) in [6.07, 6.45) is 4.68. The van der Waals surface area contributed by atoms with E-state index in [9.17, 15) is 9.59 Å². The monoisotopic (exact) mass is 467 g/mol. The number of nitrogens with zero attached hydrogens (tertiary/aromatic N) is 1. The third kappa shape index (κ3) is 5.21. The number of likely N-dealkylation sites (tertiary alicyclic amines) is 1. The van der Waals surface area contributed by atoms with Crippen molar-refractivity contribution >= 4 is 12.1 Å². The number of hydrogen-bond acceptors (Lipinski definition) is 7. The van der Waals surface area contributed by atoms with Crippen molar-refractivity contribution in [3.05, 3.63) is 11.6 Å². The van der Waals surface area contributed by atoms with Crippen molar-refractivity contribution in [2.75, 3.05) is 33.4 Å². The predicted molar refractivity (Wildman–Crippen MR) is 118 cm³/mol. The number of carboxylic acid groups (broad SMARTS) is 1. The fourth-order valence-corrected chi connectivity index (χ4v) is 5.67. The second-order valence-corrected chi connectivity index (χ2v) is 10.2. The van der Waals surface area contributed by atoms with Gasteiger partial charge in [0.15, 0.2) is 0 Å². The molecule has 4 aliphatic rings. The molecule has 9 nitrogen and oxygen atoms in total. The highest BCUT2D eigenvalue weighted by Gasteiger charge is 2.72. The van der Waals surface area contributed by atoms with E-state index in [0.29, 0.717) is 39.0 Å². The van der Waals surface area contributed by atoms with E-state index in [-0.39, 0.29) is 54.2 Å². The minimum Gasteiger partial charge on any atom is -0.480 e. The molecule has 3 heterocycles. The molecule has 33 heavy (non-hydrogen) atoms. The zero-order valence-electron chi connectivity index (χ0n) is 20.1. The molecule has 0 aromatic rings. The van der Waals surface area contributed by atoms with Crippen LogP contribution >= 0.6 is 0 Å². The number of rotatable bonds is 8. The normalized spacial score (nSPS) is 38.1. The van der Waals surface area contributed by atoms with Gasteiger partial charge in [-0.05, 0) is 52.9 Å². The third-order valence-corrected chi connectivity index (χ3v) is 7.63. The fraction of sp³-hybridized carbons (Fsp3) is 0.833. The van der Waals surface area contributed by atoms with Crippen LogP contribution in [0.5, 0.6) is 0 Å². The molecule has 9 heteroatoms. The van der Waals surface area contributed by atoms with Gasteiger partial charge in [0, 0.05) is 20.2 Å². The summed E-state index contributed by atoms with van der Waals surface area (Å²) in [7, 11) is 1.67. The van der Waals surface area contributed by atoms with Crippen molar-refractivity contribution in [3.63, 3.8) is 0 Å². The quantitative estimate of drug-likeness (QED) is 0.429. The molecule has 0 aromatic carbocycles. The molecule has 1 saturated carbocycles. The number of epoxide rings is 2. The van der Waals surface area contributed by atoms with E-state index in [0.717, 1.165) is 12.8 Å². The average Bonchev–Trinajstić information content (AvgIpc) is 3.69. The van der Waals surface area contributed by atoms with E-state index in [2.05, 4.69) is 26.8 Å². The second kappa shape index (κ2) is 9.52. The number of carboxylic acids is 1. The predicted octanol–water partition coefficient (Wildman–Crippen LogP) is 2.77. The first kappa shape index (κ1) is 24.4. The molecule has 1 unspecified atom stereocenters. The van der Waals surface area contributed by atoms with Gasteiger partial charge in [-0.15, -0.1) is 0 Å². The van der Waals surface area contributed by atoms with Crippen molar-refractivity contribution in [1.82, 2.24) is 4.90 Å². The first-order valence-electron chi connectivity index (χ1n) is 12.0. The number of piperidine rings is 1. The summed E-state index contributed by atoms with van der Waals surface area (Å²) in [4.78, 5) is 25.3. The summed E-state index contributed by atoms with van der Waals surface area (Å²) in [5.74, 6) is -0.990. The van der Waals surface area contributed by atoms with Crippen LogP contribution in [0.25, 0.3) is 0 Å². The van der Waals surface area contributed by atoms with Gasteiger partial charge in [-0.2, -0.15) is 0 Å². The Balaban J connectivity index is 1.36. The number of ether oxygens (including phenoxy) is 5. The number of methoxy groups -OCH3 is 1. The van der Waals surface area contributed by atoms with Gasteiger partial charge in [-0.3, -0.25) is 0 Å². The molecule has 1 spiro atoms. The van der Waals surface area contributed by atoms with Crippen LogP contribution in [-0.4, -0.2) is 91.1 Å². The van der Waals surface area contributed by atoms with E-state index in [1.165, 1.54) is 5.57 Å². The first-order chi connectivity index (χ1) is 15.7. The molecule has 3 saturated heterocycles. The SMILES string of the molecule is CO[C@@H]1[C@H](OC(=O)N2CCC(OCC(=O)O)CC2)CC[C@]2(CO2)[C@H]1[C@@]1(C)OC1CC=C(C)C. The lowest BCUT2D eigenvalue weighted by Gasteiger charge is -2.43. The van der Waals surface area contributed by atoms with Crippen molar-refractivity contribution < 1.29 is 38.4 Å². The molecule has 4 fully saturated rings. The number of carbonyl (C=O) groups is 2. The average molecular weight is 468 g/mol. The Hall–Kier alpha value is -1.68. The smallest absolute Gasteiger partial charge is 0.410 e. The Labute approximate surface area is 195 Å². The molecule has 3 aliphatic heterocycles. The number of hydrogen-bond donors (Lipinski definition) is 1. The van der Waals surface area contributed by atoms with Crippen LogP contribution in [0.15, 0.2) is 11.6 Å². The molecule has 1 amide bonds. The van der Waals surface area contributed by atoms with Gasteiger partial charge in [0.05, 0.1) is 24.7 Å². The molecule has 0 radical (unpaired) electrons. The van der Waals surface area contributed by atoms with E-state index >= 15 is 0 Å². The van der Waals surface area contributed by atoms with Crippen LogP contribution < -0.4 is 0 Å². The summed E-state index contributed by atoms with van der Waals surface area (Å²) in [5.41, 5.74) is 0.646. The van der Waals surface area contributed by atoms with Gasteiger partial charge < -0.3 is 33.7 Å². The minimum absolute atomic E-state index is 0.00716. The topological polar surface area (TPSA) is 110 Å². The van der Waals surface area contributed by atoms with Crippen LogP contribution in [0.4, 0.5) is 4.79 Å². The molecule has 1 N–H and O–H groups in total. The van der Waals surface area contributed by atoms with Crippen LogP contribution in [-0.2, 0) is 28.5 Å². The summed E-state index contributed by atoms with van der Waals surface area (Å²) in [5, 5.41) is 8.77. The number of aliphatic carboxylic acids is 1. The minimum atomic E-state index is -0.983. The molecular formula is C24H37NO8. The Bertz CT molecular complexity index is 768. The van der Waals surface area contributed by atoms with Gasteiger partial charge in [0.1, 0.15) is 30.0 Å². The fourth-order valence-electron chi connectivity index (χ4n) is 5.67. The first-order valence-corrected chi connectivity index (χ1v) is 12.0. The largest absolute Gasteiger partial charge is 0.480 e. The highest BCUT2D eigenvalue weighted by molar-refractivity contribution is 5.68. The van der Waals surface area contributed by atoms with Crippen molar-refractivity contribution in [2.45, 2.75) is 88.5 Å². The maximum absolute atomic E-state index is 12.9. The lowest BCUT2D eigenvalue weighted by Crippen LogP contribution is -2.56. The summed E-state index contributed by atoms with van der Waals surface area (Å²) in [6.45, 7) is 7.64. The van der Waals surface area contributed by atoms with Gasteiger partial charge in [-0.1, -0.05) is 11.6 Å². The summed E-state index contributed by atoms with van der Waals surface area (Å²) in [6, 6.07) is 0. The molecule has 4 rings (SSSR count). The summed E-state index contributed by atoms with van der Waals surface area (Å²) < 4.78 is 29.5. The van der Waals surface area contributed by atoms with Gasteiger partial charge in [0.25, 0.3) is 0 Å². The van der Waals surface area contributed by atoms with Gasteiger partial charge in [0.2, 0.25) is 0 Å². The van der Waals surface area contributed by atoms with Crippen LogP contribution in [0.2, 0.25) is 0 Å². The lowest BCUT2D eigenvalue weighted by atomic mass is 9.68. The van der Waals surface area contributed by atoms with E-state index in [1.54, 1.807) is 12.0 Å². The second-order valence-electron chi connectivity index (χ2n) is 10.2. The Morgan fingerprint density at radius 3 is 2.48 bits per heavy atom. The summed E-state index contributed by atoms with van der Waals surface area (Å²) >= 11 is 0. The Morgan fingerprint density at radius 2 is 1.91 bits per heavy atom. The zero-order valence-corrected chi connectivity index (χ0v) is 20.1. The molecule has 0 bridgehead atoms. The molecule has 186 valence electrons. The van der Waals surface area contributed by atoms with Crippen LogP contribution in [0.3, 0.4) is 0 Å². The van der Waals surface area contributed by atoms with Crippen molar-refractivity contribution in [3.8, 4) is 0 Å². The van der Waals surface area contributed by atoms with Crippen LogP contribution in [0, 0.1) is 5.92 Å². The molecule has 1 aliphatic carbocycles. The van der Waals surface area contributed by atoms with E-state index in [4.69, 9.17) is 28.8 Å². The molecular weight excluding hydrogens is 430 g/mol. The highest BCUT2D eigenvalue weighted by Crippen LogP contribution is 2.59. The molecule has 6 atom stereocenters. The number of amides is 1. The maximum atomic E-state index is 12.9. The van der Waals surface area contributed by atoms with Crippen molar-refractivity contribution in [2.24, 2.45) is 5.92 Å². The Morgan fingerprint density at radius 1 is 1.21 bits per heavy atom. The van der Waals surface area contributed by atoms with E-state index < -0.39 is 5.97 Å². The highest BCUT2D eigenvalue weighted by atomic mass is 16.6. The number of allylic oxidation sites excluding steroid dienone is 1. The van der Waals surface area contributed by atoms with Gasteiger partial charge >= 0.3 is 12.1 Å². The third-order valence-electron chi connectivity index (χ3n) is 7.63. The van der Waals surface area contributed by atoms with Crippen LogP contribution in [0.1, 0.15) is 52.9 Å². The Kier molecular flexibility index (Phi) is 7.05. The molecule has 0 aromatic heterocycles. The standard InChI is InChI=1S/C24H37NO8/c1-15(2)5-6-18-23(3,33-18)21-20(29-4)17(7-10-24(21)14-31-24)32-22(28)25-11-8-16(9-12-25)30-13-19(26)27/h5,16-18,20-21H,6-14H2,1-4H3,(H,26,27)/t17-,18?,20-,21-,23+,24+/m1/s1. The van der Waals surface area contributed by atoms with E-state index in [1.807, 2.05) is 0 Å². The zero-order chi connectivity index (χ0) is 23.8. The van der Waals surface area contributed by atoms with Gasteiger partial charge in [-0.25, -0.2) is 9.59 Å². The lowest BCUT2D eigenvalue weighted by molar-refractivity contribution is -0.145.